The van der Waals surface area contributed by atoms with E-state index in [9.17, 15) is 0 Å². The van der Waals surface area contributed by atoms with E-state index in [1.807, 2.05) is 18.7 Å². The maximum absolute atomic E-state index is 5.53. The summed E-state index contributed by atoms with van der Waals surface area (Å²) in [6, 6.07) is 8.53. The van der Waals surface area contributed by atoms with Crippen molar-refractivity contribution in [1.29, 1.82) is 0 Å². The molecular weight excluding hydrogens is 306 g/mol. The molecule has 0 saturated carbocycles. The average Bonchev–Trinajstić information content (AvgIpc) is 2.81. The zero-order chi connectivity index (χ0) is 16.3. The smallest absolute Gasteiger partial charge is 0.119 e. The van der Waals surface area contributed by atoms with Crippen molar-refractivity contribution in [1.82, 2.24) is 4.90 Å². The zero-order valence-electron chi connectivity index (χ0n) is 14.4. The SMILES string of the molecule is CCOc1ccc(N2CCCN(CCCSCCN)CC2)cc1. The molecule has 4 nitrogen and oxygen atoms in total. The zero-order valence-corrected chi connectivity index (χ0v) is 15.2. The summed E-state index contributed by atoms with van der Waals surface area (Å²) in [5, 5.41) is 0. The lowest BCUT2D eigenvalue weighted by molar-refractivity contribution is 0.295. The fourth-order valence-electron chi connectivity index (χ4n) is 2.95. The van der Waals surface area contributed by atoms with Crippen LogP contribution in [-0.2, 0) is 0 Å². The third-order valence-electron chi connectivity index (χ3n) is 4.13. The van der Waals surface area contributed by atoms with Gasteiger partial charge in [-0.2, -0.15) is 11.8 Å². The van der Waals surface area contributed by atoms with Gasteiger partial charge in [0.15, 0.2) is 0 Å². The minimum atomic E-state index is 0.724. The standard InChI is InChI=1S/C18H31N3OS/c1-2-22-18-7-5-17(6-8-18)21-12-3-10-20(13-14-21)11-4-15-23-16-9-19/h5-8H,2-4,9-16,19H2,1H3. The van der Waals surface area contributed by atoms with Crippen molar-refractivity contribution in [3.8, 4) is 5.75 Å². The number of nitrogens with two attached hydrogens (primary N) is 1. The van der Waals surface area contributed by atoms with Crippen LogP contribution in [0.5, 0.6) is 5.75 Å². The van der Waals surface area contributed by atoms with Crippen LogP contribution in [0.2, 0.25) is 0 Å². The first-order valence-corrected chi connectivity index (χ1v) is 9.97. The molecule has 0 bridgehead atoms. The highest BCUT2D eigenvalue weighted by molar-refractivity contribution is 7.99. The maximum atomic E-state index is 5.53. The Morgan fingerprint density at radius 3 is 2.65 bits per heavy atom. The van der Waals surface area contributed by atoms with E-state index < -0.39 is 0 Å². The second-order valence-corrected chi connectivity index (χ2v) is 7.09. The first-order valence-electron chi connectivity index (χ1n) is 8.81. The summed E-state index contributed by atoms with van der Waals surface area (Å²) in [6.07, 6.45) is 2.51. The van der Waals surface area contributed by atoms with Crippen LogP contribution in [0.4, 0.5) is 5.69 Å². The highest BCUT2D eigenvalue weighted by atomic mass is 32.2. The van der Waals surface area contributed by atoms with Crippen molar-refractivity contribution >= 4 is 17.4 Å². The van der Waals surface area contributed by atoms with Gasteiger partial charge in [0.25, 0.3) is 0 Å². The third kappa shape index (κ3) is 6.61. The average molecular weight is 338 g/mol. The molecule has 130 valence electrons. The molecule has 0 unspecified atom stereocenters. The Balaban J connectivity index is 1.74. The topological polar surface area (TPSA) is 41.7 Å². The van der Waals surface area contributed by atoms with Crippen molar-refractivity contribution in [3.63, 3.8) is 0 Å². The van der Waals surface area contributed by atoms with Gasteiger partial charge in [0, 0.05) is 37.6 Å². The van der Waals surface area contributed by atoms with Crippen LogP contribution in [0, 0.1) is 0 Å². The van der Waals surface area contributed by atoms with Crippen LogP contribution in [0.15, 0.2) is 24.3 Å². The summed E-state index contributed by atoms with van der Waals surface area (Å²) in [5.74, 6) is 3.28. The Labute approximate surface area is 145 Å². The Morgan fingerprint density at radius 2 is 1.91 bits per heavy atom. The number of hydrogen-bond donors (Lipinski definition) is 1. The van der Waals surface area contributed by atoms with Gasteiger partial charge in [-0.3, -0.25) is 0 Å². The number of thioether (sulfide) groups is 1. The fourth-order valence-corrected chi connectivity index (χ4v) is 3.65. The molecule has 0 spiro atoms. The fraction of sp³-hybridized carbons (Fsp3) is 0.667. The van der Waals surface area contributed by atoms with E-state index in [-0.39, 0.29) is 0 Å². The van der Waals surface area contributed by atoms with Gasteiger partial charge in [-0.25, -0.2) is 0 Å². The normalized spacial score (nSPS) is 16.3. The van der Waals surface area contributed by atoms with E-state index in [4.69, 9.17) is 10.5 Å². The second-order valence-electron chi connectivity index (χ2n) is 5.86. The van der Waals surface area contributed by atoms with E-state index in [1.165, 1.54) is 37.4 Å². The number of ether oxygens (including phenoxy) is 1. The number of nitrogens with zero attached hydrogens (tertiary/aromatic N) is 2. The molecular formula is C18H31N3OS. The molecule has 1 aromatic carbocycles. The molecule has 1 fully saturated rings. The van der Waals surface area contributed by atoms with Crippen LogP contribution in [0.1, 0.15) is 19.8 Å². The van der Waals surface area contributed by atoms with Crippen LogP contribution < -0.4 is 15.4 Å². The lowest BCUT2D eigenvalue weighted by Crippen LogP contribution is -2.31. The Bertz CT molecular complexity index is 427. The number of benzene rings is 1. The highest BCUT2D eigenvalue weighted by Crippen LogP contribution is 2.21. The Kier molecular flexibility index (Phi) is 8.64. The number of rotatable bonds is 9. The predicted octanol–water partition coefficient (Wildman–Crippen LogP) is 2.68. The Morgan fingerprint density at radius 1 is 1.09 bits per heavy atom. The maximum Gasteiger partial charge on any atom is 0.119 e. The largest absolute Gasteiger partial charge is 0.494 e. The van der Waals surface area contributed by atoms with Gasteiger partial charge in [-0.1, -0.05) is 0 Å². The lowest BCUT2D eigenvalue weighted by atomic mass is 10.2. The van der Waals surface area contributed by atoms with E-state index in [0.29, 0.717) is 0 Å². The van der Waals surface area contributed by atoms with Crippen LogP contribution in [0.25, 0.3) is 0 Å². The first kappa shape index (κ1) is 18.4. The molecule has 0 atom stereocenters. The summed E-state index contributed by atoms with van der Waals surface area (Å²) in [6.45, 7) is 9.40. The molecule has 23 heavy (non-hydrogen) atoms. The van der Waals surface area contributed by atoms with Gasteiger partial charge in [0.05, 0.1) is 6.61 Å². The molecule has 1 aliphatic heterocycles. The Hall–Kier alpha value is -0.910. The number of anilines is 1. The monoisotopic (exact) mass is 337 g/mol. The van der Waals surface area contributed by atoms with Gasteiger partial charge in [-0.15, -0.1) is 0 Å². The second kappa shape index (κ2) is 10.8. The van der Waals surface area contributed by atoms with Crippen LogP contribution in [-0.4, -0.2) is 62.3 Å². The van der Waals surface area contributed by atoms with Crippen molar-refractivity contribution in [3.05, 3.63) is 24.3 Å². The molecule has 1 aromatic rings. The summed E-state index contributed by atoms with van der Waals surface area (Å²) in [5.41, 5.74) is 6.84. The van der Waals surface area contributed by atoms with Crippen molar-refractivity contribution in [2.75, 3.05) is 62.3 Å². The summed E-state index contributed by atoms with van der Waals surface area (Å²) < 4.78 is 5.53. The van der Waals surface area contributed by atoms with Gasteiger partial charge >= 0.3 is 0 Å². The van der Waals surface area contributed by atoms with E-state index in [1.54, 1.807) is 0 Å². The summed E-state index contributed by atoms with van der Waals surface area (Å²) in [4.78, 5) is 5.11. The molecule has 1 saturated heterocycles. The van der Waals surface area contributed by atoms with E-state index >= 15 is 0 Å². The summed E-state index contributed by atoms with van der Waals surface area (Å²) >= 11 is 1.98. The van der Waals surface area contributed by atoms with Crippen LogP contribution >= 0.6 is 11.8 Å². The highest BCUT2D eigenvalue weighted by Gasteiger charge is 2.14. The van der Waals surface area contributed by atoms with E-state index in [2.05, 4.69) is 34.1 Å². The molecule has 0 radical (unpaired) electrons. The van der Waals surface area contributed by atoms with Crippen molar-refractivity contribution in [2.24, 2.45) is 5.73 Å². The minimum Gasteiger partial charge on any atom is -0.494 e. The molecule has 1 heterocycles. The van der Waals surface area contributed by atoms with Crippen molar-refractivity contribution < 1.29 is 4.74 Å². The molecule has 0 aliphatic carbocycles. The number of hydrogen-bond acceptors (Lipinski definition) is 5. The molecule has 0 aromatic heterocycles. The minimum absolute atomic E-state index is 0.724. The molecule has 2 rings (SSSR count). The first-order chi connectivity index (χ1) is 11.3. The third-order valence-corrected chi connectivity index (χ3v) is 5.23. The van der Waals surface area contributed by atoms with E-state index in [0.717, 1.165) is 44.3 Å². The van der Waals surface area contributed by atoms with Crippen molar-refractivity contribution in [2.45, 2.75) is 19.8 Å². The van der Waals surface area contributed by atoms with Gasteiger partial charge in [-0.05, 0) is 62.9 Å². The van der Waals surface area contributed by atoms with Gasteiger partial charge < -0.3 is 20.3 Å². The summed E-state index contributed by atoms with van der Waals surface area (Å²) in [7, 11) is 0. The van der Waals surface area contributed by atoms with Crippen LogP contribution in [0.3, 0.4) is 0 Å². The lowest BCUT2D eigenvalue weighted by Gasteiger charge is -2.24. The molecule has 1 aliphatic rings. The molecule has 5 heteroatoms. The molecule has 2 N–H and O–H groups in total. The van der Waals surface area contributed by atoms with Gasteiger partial charge in [0.1, 0.15) is 5.75 Å². The molecule has 0 amide bonds. The predicted molar refractivity (Wildman–Crippen MR) is 102 cm³/mol. The quantitative estimate of drug-likeness (QED) is 0.702. The van der Waals surface area contributed by atoms with Gasteiger partial charge in [0.2, 0.25) is 0 Å².